The molecule has 0 amide bonds. The summed E-state index contributed by atoms with van der Waals surface area (Å²) in [6.45, 7) is 4.18. The van der Waals surface area contributed by atoms with Crippen molar-refractivity contribution in [3.63, 3.8) is 0 Å². The van der Waals surface area contributed by atoms with Crippen molar-refractivity contribution in [3.05, 3.63) is 0 Å². The Morgan fingerprint density at radius 3 is 1.21 bits per heavy atom. The maximum absolute atomic E-state index is 5.14. The highest BCUT2D eigenvalue weighted by Gasteiger charge is 2.28. The van der Waals surface area contributed by atoms with E-state index in [9.17, 15) is 0 Å². The lowest BCUT2D eigenvalue weighted by Crippen LogP contribution is -2.35. The summed E-state index contributed by atoms with van der Waals surface area (Å²) < 4.78 is 15.4. The summed E-state index contributed by atoms with van der Waals surface area (Å²) in [6, 6.07) is 0. The summed E-state index contributed by atoms with van der Waals surface area (Å²) in [4.78, 5) is 0. The van der Waals surface area contributed by atoms with Crippen LogP contribution in [0.5, 0.6) is 0 Å². The highest BCUT2D eigenvalue weighted by atomic mass is 16.5. The number of methoxy groups -OCH3 is 3. The van der Waals surface area contributed by atoms with Crippen molar-refractivity contribution < 1.29 is 14.2 Å². The minimum atomic E-state index is 0. The SMILES string of the molecule is C.C.CCC(COC)(COC)COC. The van der Waals surface area contributed by atoms with Gasteiger partial charge in [-0.25, -0.2) is 0 Å². The van der Waals surface area contributed by atoms with Crippen molar-refractivity contribution >= 4 is 0 Å². The van der Waals surface area contributed by atoms with Gasteiger partial charge in [-0.2, -0.15) is 0 Å². The Bertz CT molecular complexity index is 87.7. The zero-order valence-electron chi connectivity index (χ0n) is 8.55. The molecule has 0 bridgehead atoms. The van der Waals surface area contributed by atoms with Crippen LogP contribution >= 0.6 is 0 Å². The molecule has 0 radical (unpaired) electrons. The van der Waals surface area contributed by atoms with Crippen LogP contribution in [0.4, 0.5) is 0 Å². The maximum atomic E-state index is 5.14. The molecule has 0 atom stereocenters. The Balaban J connectivity index is -0.000000605. The van der Waals surface area contributed by atoms with Crippen LogP contribution in [0.3, 0.4) is 0 Å². The van der Waals surface area contributed by atoms with Crippen LogP contribution in [-0.2, 0) is 14.2 Å². The molecule has 0 unspecified atom stereocenters. The Hall–Kier alpha value is -0.120. The van der Waals surface area contributed by atoms with Crippen LogP contribution in [0.2, 0.25) is 0 Å². The fourth-order valence-corrected chi connectivity index (χ4v) is 1.35. The van der Waals surface area contributed by atoms with Crippen LogP contribution < -0.4 is 0 Å². The summed E-state index contributed by atoms with van der Waals surface area (Å²) in [5.41, 5.74) is 0.0260. The average molecular weight is 208 g/mol. The first-order chi connectivity index (χ1) is 5.74. The van der Waals surface area contributed by atoms with Crippen LogP contribution in [0.15, 0.2) is 0 Å². The molecule has 3 nitrogen and oxygen atoms in total. The lowest BCUT2D eigenvalue weighted by Gasteiger charge is -2.30. The van der Waals surface area contributed by atoms with Gasteiger partial charge in [0.05, 0.1) is 19.8 Å². The van der Waals surface area contributed by atoms with Crippen molar-refractivity contribution in [1.82, 2.24) is 0 Å². The first-order valence-electron chi connectivity index (χ1n) is 4.21. The largest absolute Gasteiger partial charge is 0.384 e. The highest BCUT2D eigenvalue weighted by Crippen LogP contribution is 2.22. The summed E-state index contributed by atoms with van der Waals surface area (Å²) in [5, 5.41) is 0. The predicted octanol–water partition coefficient (Wildman–Crippen LogP) is 2.59. The highest BCUT2D eigenvalue weighted by molar-refractivity contribution is 4.76. The first-order valence-corrected chi connectivity index (χ1v) is 4.21. The molecule has 90 valence electrons. The minimum Gasteiger partial charge on any atom is -0.384 e. The zero-order valence-corrected chi connectivity index (χ0v) is 8.55. The summed E-state index contributed by atoms with van der Waals surface area (Å²) >= 11 is 0. The van der Waals surface area contributed by atoms with E-state index in [4.69, 9.17) is 14.2 Å². The molecule has 0 aliphatic carbocycles. The van der Waals surface area contributed by atoms with Gasteiger partial charge in [-0.3, -0.25) is 0 Å². The molecule has 0 aliphatic rings. The summed E-state index contributed by atoms with van der Waals surface area (Å²) in [6.07, 6.45) is 1.00. The Morgan fingerprint density at radius 2 is 1.07 bits per heavy atom. The van der Waals surface area contributed by atoms with Crippen molar-refractivity contribution in [2.24, 2.45) is 5.41 Å². The molecule has 0 fully saturated rings. The average Bonchev–Trinajstić information content (AvgIpc) is 2.06. The third-order valence-corrected chi connectivity index (χ3v) is 2.10. The molecular weight excluding hydrogens is 180 g/mol. The van der Waals surface area contributed by atoms with Gasteiger partial charge >= 0.3 is 0 Å². The van der Waals surface area contributed by atoms with Crippen molar-refractivity contribution in [2.45, 2.75) is 28.2 Å². The fourth-order valence-electron chi connectivity index (χ4n) is 1.35. The molecule has 0 aromatic carbocycles. The van der Waals surface area contributed by atoms with Crippen molar-refractivity contribution in [2.75, 3.05) is 41.2 Å². The number of hydrogen-bond acceptors (Lipinski definition) is 3. The van der Waals surface area contributed by atoms with E-state index < -0.39 is 0 Å². The molecule has 0 spiro atoms. The molecule has 3 heteroatoms. The van der Waals surface area contributed by atoms with Gasteiger partial charge in [-0.05, 0) is 6.42 Å². The van der Waals surface area contributed by atoms with Crippen LogP contribution in [0, 0.1) is 5.41 Å². The van der Waals surface area contributed by atoms with Crippen LogP contribution in [0.1, 0.15) is 28.2 Å². The number of ether oxygens (including phenoxy) is 3. The quantitative estimate of drug-likeness (QED) is 0.643. The van der Waals surface area contributed by atoms with Gasteiger partial charge in [-0.15, -0.1) is 0 Å². The van der Waals surface area contributed by atoms with E-state index in [-0.39, 0.29) is 20.3 Å². The van der Waals surface area contributed by atoms with Crippen molar-refractivity contribution in [3.8, 4) is 0 Å². The van der Waals surface area contributed by atoms with E-state index in [1.54, 1.807) is 21.3 Å². The Morgan fingerprint density at radius 1 is 0.786 bits per heavy atom. The van der Waals surface area contributed by atoms with Crippen molar-refractivity contribution in [1.29, 1.82) is 0 Å². The monoisotopic (exact) mass is 208 g/mol. The molecule has 0 aromatic heterocycles. The molecule has 0 aromatic rings. The van der Waals surface area contributed by atoms with Gasteiger partial charge in [0.25, 0.3) is 0 Å². The molecule has 0 saturated heterocycles. The molecule has 0 heterocycles. The first kappa shape index (κ1) is 19.5. The van der Waals surface area contributed by atoms with Gasteiger partial charge in [0, 0.05) is 26.7 Å². The molecular formula is C11H28O3. The Kier molecular flexibility index (Phi) is 15.2. The lowest BCUT2D eigenvalue weighted by molar-refractivity contribution is -0.0403. The normalized spacial score (nSPS) is 10.3. The van der Waals surface area contributed by atoms with Crippen LogP contribution in [-0.4, -0.2) is 41.2 Å². The molecule has 0 N–H and O–H groups in total. The van der Waals surface area contributed by atoms with Gasteiger partial charge in [-0.1, -0.05) is 21.8 Å². The van der Waals surface area contributed by atoms with Gasteiger partial charge in [0.15, 0.2) is 0 Å². The second-order valence-electron chi connectivity index (χ2n) is 3.15. The predicted molar refractivity (Wildman–Crippen MR) is 61.8 cm³/mol. The molecule has 0 aliphatic heterocycles. The molecule has 14 heavy (non-hydrogen) atoms. The van der Waals surface area contributed by atoms with E-state index in [1.807, 2.05) is 0 Å². The number of rotatable bonds is 7. The summed E-state index contributed by atoms with van der Waals surface area (Å²) in [7, 11) is 5.11. The van der Waals surface area contributed by atoms with E-state index in [1.165, 1.54) is 0 Å². The minimum absolute atomic E-state index is 0. The van der Waals surface area contributed by atoms with Gasteiger partial charge in [0.2, 0.25) is 0 Å². The lowest BCUT2D eigenvalue weighted by atomic mass is 9.88. The molecule has 0 rings (SSSR count). The standard InChI is InChI=1S/C9H20O3.2CH4/c1-5-9(6-10-2,7-11-3)8-12-4;;/h5-8H2,1-4H3;2*1H4. The molecule has 0 saturated carbocycles. The fraction of sp³-hybridized carbons (Fsp3) is 1.00. The van der Waals surface area contributed by atoms with E-state index in [0.717, 1.165) is 6.42 Å². The third-order valence-electron chi connectivity index (χ3n) is 2.10. The topological polar surface area (TPSA) is 27.7 Å². The third kappa shape index (κ3) is 6.35. The van der Waals surface area contributed by atoms with E-state index >= 15 is 0 Å². The van der Waals surface area contributed by atoms with Gasteiger partial charge < -0.3 is 14.2 Å². The van der Waals surface area contributed by atoms with Crippen LogP contribution in [0.25, 0.3) is 0 Å². The van der Waals surface area contributed by atoms with E-state index in [0.29, 0.717) is 19.8 Å². The summed E-state index contributed by atoms with van der Waals surface area (Å²) in [5.74, 6) is 0. The second kappa shape index (κ2) is 11.0. The maximum Gasteiger partial charge on any atom is 0.0562 e. The van der Waals surface area contributed by atoms with E-state index in [2.05, 4.69) is 6.92 Å². The zero-order chi connectivity index (χ0) is 9.45. The van der Waals surface area contributed by atoms with Gasteiger partial charge in [0.1, 0.15) is 0 Å². The smallest absolute Gasteiger partial charge is 0.0562 e. The number of hydrogen-bond donors (Lipinski definition) is 0. The second-order valence-corrected chi connectivity index (χ2v) is 3.15. The Labute approximate surface area is 89.7 Å².